The first-order chi connectivity index (χ1) is 8.19. The number of hydrogen-bond donors (Lipinski definition) is 1. The Kier molecular flexibility index (Phi) is 3.67. The van der Waals surface area contributed by atoms with Gasteiger partial charge in [0.05, 0.1) is 11.6 Å². The van der Waals surface area contributed by atoms with Crippen LogP contribution in [0.3, 0.4) is 0 Å². The van der Waals surface area contributed by atoms with Crippen molar-refractivity contribution in [3.8, 4) is 11.5 Å². The molecule has 0 radical (unpaired) electrons. The molecule has 0 fully saturated rings. The van der Waals surface area contributed by atoms with Crippen LogP contribution >= 0.6 is 11.6 Å². The van der Waals surface area contributed by atoms with Crippen molar-refractivity contribution in [3.63, 3.8) is 0 Å². The van der Waals surface area contributed by atoms with Crippen molar-refractivity contribution < 1.29 is 9.84 Å². The van der Waals surface area contributed by atoms with Gasteiger partial charge in [-0.05, 0) is 36.8 Å². The van der Waals surface area contributed by atoms with Gasteiger partial charge in [-0.3, -0.25) is 0 Å². The maximum atomic E-state index is 8.97. The average molecular weight is 249 g/mol. The second-order valence-corrected chi connectivity index (χ2v) is 4.25. The van der Waals surface area contributed by atoms with Crippen LogP contribution < -0.4 is 4.74 Å². The predicted octanol–water partition coefficient (Wildman–Crippen LogP) is 3.93. The maximum Gasteiger partial charge on any atom is 0.146 e. The van der Waals surface area contributed by atoms with Gasteiger partial charge in [-0.25, -0.2) is 0 Å². The van der Waals surface area contributed by atoms with E-state index in [4.69, 9.17) is 21.4 Å². The van der Waals surface area contributed by atoms with E-state index < -0.39 is 0 Å². The molecule has 0 spiro atoms. The summed E-state index contributed by atoms with van der Waals surface area (Å²) in [6, 6.07) is 13.0. The Hall–Kier alpha value is -1.51. The smallest absolute Gasteiger partial charge is 0.146 e. The number of aryl methyl sites for hydroxylation is 1. The Morgan fingerprint density at radius 1 is 1.12 bits per heavy atom. The molecular formula is C14H13ClO2. The Morgan fingerprint density at radius 2 is 1.82 bits per heavy atom. The molecule has 3 heteroatoms. The first-order valence-corrected chi connectivity index (χ1v) is 5.70. The molecule has 88 valence electrons. The molecule has 2 nitrogen and oxygen atoms in total. The minimum atomic E-state index is -0.0233. The monoisotopic (exact) mass is 248 g/mol. The normalized spacial score (nSPS) is 10.3. The van der Waals surface area contributed by atoms with E-state index >= 15 is 0 Å². The summed E-state index contributed by atoms with van der Waals surface area (Å²) in [5.41, 5.74) is 1.95. The van der Waals surface area contributed by atoms with Crippen molar-refractivity contribution in [1.29, 1.82) is 0 Å². The summed E-state index contributed by atoms with van der Waals surface area (Å²) in [5.74, 6) is 1.34. The van der Waals surface area contributed by atoms with Crippen LogP contribution in [0.25, 0.3) is 0 Å². The Labute approximate surface area is 105 Å². The standard InChI is InChI=1S/C14H13ClO2/c1-10-2-5-12(6-3-10)17-14-7-4-11(9-16)8-13(14)15/h2-8,16H,9H2,1H3. The third-order valence-electron chi connectivity index (χ3n) is 2.43. The van der Waals surface area contributed by atoms with Crippen molar-refractivity contribution in [2.75, 3.05) is 0 Å². The van der Waals surface area contributed by atoms with E-state index in [1.807, 2.05) is 31.2 Å². The molecule has 2 rings (SSSR count). The molecule has 2 aromatic carbocycles. The van der Waals surface area contributed by atoms with E-state index in [0.717, 1.165) is 11.3 Å². The highest BCUT2D eigenvalue weighted by Gasteiger charge is 2.04. The fourth-order valence-electron chi connectivity index (χ4n) is 1.46. The molecule has 0 saturated heterocycles. The van der Waals surface area contributed by atoms with Crippen LogP contribution in [0.2, 0.25) is 5.02 Å². The molecule has 0 amide bonds. The van der Waals surface area contributed by atoms with Gasteiger partial charge in [-0.2, -0.15) is 0 Å². The first-order valence-electron chi connectivity index (χ1n) is 5.33. The second kappa shape index (κ2) is 5.21. The molecule has 17 heavy (non-hydrogen) atoms. The highest BCUT2D eigenvalue weighted by molar-refractivity contribution is 6.32. The Morgan fingerprint density at radius 3 is 2.41 bits per heavy atom. The lowest BCUT2D eigenvalue weighted by Crippen LogP contribution is -1.88. The van der Waals surface area contributed by atoms with Gasteiger partial charge in [-0.15, -0.1) is 0 Å². The highest BCUT2D eigenvalue weighted by Crippen LogP contribution is 2.30. The summed E-state index contributed by atoms with van der Waals surface area (Å²) in [6.07, 6.45) is 0. The molecule has 0 aromatic heterocycles. The van der Waals surface area contributed by atoms with Gasteiger partial charge in [0.2, 0.25) is 0 Å². The Balaban J connectivity index is 2.21. The number of aliphatic hydroxyl groups is 1. The van der Waals surface area contributed by atoms with E-state index in [-0.39, 0.29) is 6.61 Å². The van der Waals surface area contributed by atoms with Crippen molar-refractivity contribution in [2.45, 2.75) is 13.5 Å². The van der Waals surface area contributed by atoms with Crippen LogP contribution in [0.1, 0.15) is 11.1 Å². The number of ether oxygens (including phenoxy) is 1. The lowest BCUT2D eigenvalue weighted by atomic mass is 10.2. The van der Waals surface area contributed by atoms with Gasteiger partial charge in [0, 0.05) is 0 Å². The summed E-state index contributed by atoms with van der Waals surface area (Å²) in [4.78, 5) is 0. The van der Waals surface area contributed by atoms with E-state index in [1.165, 1.54) is 5.56 Å². The minimum absolute atomic E-state index is 0.0233. The molecular weight excluding hydrogens is 236 g/mol. The van der Waals surface area contributed by atoms with Gasteiger partial charge >= 0.3 is 0 Å². The number of halogens is 1. The number of benzene rings is 2. The lowest BCUT2D eigenvalue weighted by molar-refractivity contribution is 0.281. The van der Waals surface area contributed by atoms with Crippen LogP contribution in [0.5, 0.6) is 11.5 Å². The minimum Gasteiger partial charge on any atom is -0.456 e. The fourth-order valence-corrected chi connectivity index (χ4v) is 1.70. The summed E-state index contributed by atoms with van der Waals surface area (Å²) < 4.78 is 5.65. The van der Waals surface area contributed by atoms with Gasteiger partial charge < -0.3 is 9.84 Å². The molecule has 0 aliphatic carbocycles. The highest BCUT2D eigenvalue weighted by atomic mass is 35.5. The Bertz CT molecular complexity index is 506. The van der Waals surface area contributed by atoms with Crippen molar-refractivity contribution in [1.82, 2.24) is 0 Å². The third-order valence-corrected chi connectivity index (χ3v) is 2.72. The second-order valence-electron chi connectivity index (χ2n) is 3.84. The van der Waals surface area contributed by atoms with Crippen LogP contribution in [0.15, 0.2) is 42.5 Å². The van der Waals surface area contributed by atoms with Crippen LogP contribution in [0.4, 0.5) is 0 Å². The number of rotatable bonds is 3. The van der Waals surface area contributed by atoms with E-state index in [2.05, 4.69) is 0 Å². The van der Waals surface area contributed by atoms with E-state index in [9.17, 15) is 0 Å². The third kappa shape index (κ3) is 2.99. The molecule has 1 N–H and O–H groups in total. The van der Waals surface area contributed by atoms with Crippen LogP contribution in [-0.2, 0) is 6.61 Å². The zero-order chi connectivity index (χ0) is 12.3. The zero-order valence-corrected chi connectivity index (χ0v) is 10.2. The molecule has 0 aliphatic heterocycles. The summed E-state index contributed by atoms with van der Waals surface area (Å²) in [6.45, 7) is 2.00. The average Bonchev–Trinajstić information content (AvgIpc) is 2.34. The number of hydrogen-bond acceptors (Lipinski definition) is 2. The molecule has 0 atom stereocenters. The predicted molar refractivity (Wildman–Crippen MR) is 68.6 cm³/mol. The van der Waals surface area contributed by atoms with Crippen LogP contribution in [0, 0.1) is 6.92 Å². The first kappa shape index (κ1) is 12.0. The molecule has 0 saturated carbocycles. The summed E-state index contributed by atoms with van der Waals surface area (Å²) in [7, 11) is 0. The topological polar surface area (TPSA) is 29.5 Å². The van der Waals surface area contributed by atoms with Gasteiger partial charge in [-0.1, -0.05) is 35.4 Å². The summed E-state index contributed by atoms with van der Waals surface area (Å²) in [5, 5.41) is 9.47. The van der Waals surface area contributed by atoms with Gasteiger partial charge in [0.25, 0.3) is 0 Å². The molecule has 0 unspecified atom stereocenters. The molecule has 0 bridgehead atoms. The molecule has 0 aliphatic rings. The van der Waals surface area contributed by atoms with Crippen molar-refractivity contribution in [2.24, 2.45) is 0 Å². The van der Waals surface area contributed by atoms with Crippen molar-refractivity contribution >= 4 is 11.6 Å². The lowest BCUT2D eigenvalue weighted by Gasteiger charge is -2.08. The van der Waals surface area contributed by atoms with Crippen LogP contribution in [-0.4, -0.2) is 5.11 Å². The molecule has 0 heterocycles. The van der Waals surface area contributed by atoms with Gasteiger partial charge in [0.15, 0.2) is 0 Å². The summed E-state index contributed by atoms with van der Waals surface area (Å²) >= 11 is 6.05. The number of aliphatic hydroxyl groups excluding tert-OH is 1. The van der Waals surface area contributed by atoms with Crippen molar-refractivity contribution in [3.05, 3.63) is 58.6 Å². The van der Waals surface area contributed by atoms with Gasteiger partial charge in [0.1, 0.15) is 11.5 Å². The maximum absolute atomic E-state index is 8.97. The molecule has 2 aromatic rings. The SMILES string of the molecule is Cc1ccc(Oc2ccc(CO)cc2Cl)cc1. The van der Waals surface area contributed by atoms with E-state index in [0.29, 0.717) is 10.8 Å². The zero-order valence-electron chi connectivity index (χ0n) is 9.48. The largest absolute Gasteiger partial charge is 0.456 e. The quantitative estimate of drug-likeness (QED) is 0.892. The van der Waals surface area contributed by atoms with E-state index in [1.54, 1.807) is 18.2 Å². The fraction of sp³-hybridized carbons (Fsp3) is 0.143.